The monoisotopic (exact) mass is 375 g/mol. The number of hydrogen-bond acceptors (Lipinski definition) is 3. The van der Waals surface area contributed by atoms with Crippen LogP contribution in [0.5, 0.6) is 0 Å². The van der Waals surface area contributed by atoms with Gasteiger partial charge in [0.25, 0.3) is 5.91 Å². The van der Waals surface area contributed by atoms with Crippen LogP contribution >= 0.6 is 0 Å². The van der Waals surface area contributed by atoms with Crippen LogP contribution in [0.2, 0.25) is 0 Å². The fraction of sp³-hybridized carbons (Fsp3) is 0.333. The van der Waals surface area contributed by atoms with Gasteiger partial charge in [0, 0.05) is 24.2 Å². The smallest absolute Gasteiger partial charge is 0.256 e. The average Bonchev–Trinajstić information content (AvgIpc) is 2.75. The number of piperidine rings is 1. The number of para-hydroxylation sites is 2. The third-order valence-electron chi connectivity index (χ3n) is 5.09. The topological polar surface area (TPSA) is 45.2 Å². The summed E-state index contributed by atoms with van der Waals surface area (Å²) < 4.78 is 0. The molecule has 0 saturated carbocycles. The lowest BCUT2D eigenvalue weighted by molar-refractivity contribution is 0.102. The molecule has 4 heteroatoms. The fourth-order valence-electron chi connectivity index (χ4n) is 3.47. The van der Waals surface area contributed by atoms with Crippen molar-refractivity contribution in [2.45, 2.75) is 33.6 Å². The van der Waals surface area contributed by atoms with Crippen molar-refractivity contribution in [2.75, 3.05) is 23.3 Å². The number of aromatic nitrogens is 1. The number of fused-ring (bicyclic) bond motifs is 1. The zero-order valence-electron chi connectivity index (χ0n) is 17.0. The maximum Gasteiger partial charge on any atom is 0.256 e. The van der Waals surface area contributed by atoms with Crippen molar-refractivity contribution in [3.05, 3.63) is 66.2 Å². The second-order valence-electron chi connectivity index (χ2n) is 7.03. The number of anilines is 2. The van der Waals surface area contributed by atoms with Gasteiger partial charge in [-0.05, 0) is 43.0 Å². The van der Waals surface area contributed by atoms with Gasteiger partial charge in [-0.25, -0.2) is 4.98 Å². The molecule has 0 unspecified atom stereocenters. The quantitative estimate of drug-likeness (QED) is 0.634. The SMILES string of the molecule is CC.CC1CCN(c2cc(C(=O)Nc3ccccc3)c3ccccc3n2)CC1. The van der Waals surface area contributed by atoms with Gasteiger partial charge in [-0.15, -0.1) is 0 Å². The van der Waals surface area contributed by atoms with Gasteiger partial charge >= 0.3 is 0 Å². The Morgan fingerprint density at radius 1 is 1.00 bits per heavy atom. The molecule has 4 rings (SSSR count). The summed E-state index contributed by atoms with van der Waals surface area (Å²) >= 11 is 0. The molecule has 1 fully saturated rings. The van der Waals surface area contributed by atoms with Gasteiger partial charge in [-0.1, -0.05) is 57.2 Å². The minimum atomic E-state index is -0.0959. The first kappa shape index (κ1) is 19.9. The van der Waals surface area contributed by atoms with Crippen LogP contribution in [0.3, 0.4) is 0 Å². The van der Waals surface area contributed by atoms with Gasteiger partial charge in [-0.3, -0.25) is 4.79 Å². The Balaban J connectivity index is 0.00000109. The number of carbonyl (C=O) groups is 1. The van der Waals surface area contributed by atoms with Crippen molar-refractivity contribution < 1.29 is 4.79 Å². The Morgan fingerprint density at radius 2 is 1.64 bits per heavy atom. The van der Waals surface area contributed by atoms with E-state index in [1.807, 2.05) is 74.5 Å². The molecule has 28 heavy (non-hydrogen) atoms. The third-order valence-corrected chi connectivity index (χ3v) is 5.09. The van der Waals surface area contributed by atoms with E-state index < -0.39 is 0 Å². The molecule has 4 nitrogen and oxygen atoms in total. The van der Waals surface area contributed by atoms with Gasteiger partial charge in [0.1, 0.15) is 5.82 Å². The lowest BCUT2D eigenvalue weighted by atomic mass is 9.99. The van der Waals surface area contributed by atoms with Crippen LogP contribution in [0.15, 0.2) is 60.7 Å². The summed E-state index contributed by atoms with van der Waals surface area (Å²) in [6.07, 6.45) is 2.33. The van der Waals surface area contributed by atoms with E-state index in [0.717, 1.165) is 41.4 Å². The van der Waals surface area contributed by atoms with E-state index in [9.17, 15) is 4.79 Å². The van der Waals surface area contributed by atoms with Crippen LogP contribution in [0.4, 0.5) is 11.5 Å². The van der Waals surface area contributed by atoms with E-state index in [-0.39, 0.29) is 5.91 Å². The molecule has 1 aliphatic heterocycles. The van der Waals surface area contributed by atoms with Gasteiger partial charge in [0.15, 0.2) is 0 Å². The first-order valence-corrected chi connectivity index (χ1v) is 10.2. The fourth-order valence-corrected chi connectivity index (χ4v) is 3.47. The number of rotatable bonds is 3. The molecular formula is C24H29N3O. The van der Waals surface area contributed by atoms with Crippen molar-refractivity contribution in [1.29, 1.82) is 0 Å². The molecule has 1 aromatic heterocycles. The van der Waals surface area contributed by atoms with E-state index in [1.54, 1.807) is 0 Å². The summed E-state index contributed by atoms with van der Waals surface area (Å²) in [5.41, 5.74) is 2.33. The van der Waals surface area contributed by atoms with Crippen LogP contribution in [0.25, 0.3) is 10.9 Å². The first-order valence-electron chi connectivity index (χ1n) is 10.2. The van der Waals surface area contributed by atoms with Crippen molar-refractivity contribution in [2.24, 2.45) is 5.92 Å². The summed E-state index contributed by atoms with van der Waals surface area (Å²) in [5, 5.41) is 3.89. The molecule has 0 radical (unpaired) electrons. The van der Waals surface area contributed by atoms with Gasteiger partial charge in [0.05, 0.1) is 11.1 Å². The normalized spacial score (nSPS) is 14.3. The predicted octanol–water partition coefficient (Wildman–Crippen LogP) is 5.75. The maximum absolute atomic E-state index is 13.0. The molecule has 2 aromatic carbocycles. The number of benzene rings is 2. The highest BCUT2D eigenvalue weighted by molar-refractivity contribution is 6.13. The minimum absolute atomic E-state index is 0.0959. The molecule has 2 heterocycles. The molecule has 146 valence electrons. The summed E-state index contributed by atoms with van der Waals surface area (Å²) in [7, 11) is 0. The van der Waals surface area contributed by atoms with E-state index >= 15 is 0 Å². The minimum Gasteiger partial charge on any atom is -0.357 e. The van der Waals surface area contributed by atoms with Crippen LogP contribution in [0.1, 0.15) is 44.0 Å². The van der Waals surface area contributed by atoms with Crippen molar-refractivity contribution in [3.8, 4) is 0 Å². The van der Waals surface area contributed by atoms with Gasteiger partial charge in [-0.2, -0.15) is 0 Å². The van der Waals surface area contributed by atoms with E-state index in [2.05, 4.69) is 17.1 Å². The number of hydrogen-bond donors (Lipinski definition) is 1. The van der Waals surface area contributed by atoms with Gasteiger partial charge in [0.2, 0.25) is 0 Å². The molecular weight excluding hydrogens is 346 g/mol. The highest BCUT2D eigenvalue weighted by atomic mass is 16.1. The molecule has 3 aromatic rings. The Hall–Kier alpha value is -2.88. The van der Waals surface area contributed by atoms with Crippen molar-refractivity contribution in [3.63, 3.8) is 0 Å². The van der Waals surface area contributed by atoms with E-state index in [4.69, 9.17) is 4.98 Å². The number of carbonyl (C=O) groups excluding carboxylic acids is 1. The molecule has 1 amide bonds. The number of nitrogens with one attached hydrogen (secondary N) is 1. The van der Waals surface area contributed by atoms with Crippen molar-refractivity contribution in [1.82, 2.24) is 4.98 Å². The molecule has 1 N–H and O–H groups in total. The standard InChI is InChI=1S/C22H23N3O.C2H6/c1-16-11-13-25(14-12-16)21-15-19(18-9-5-6-10-20(18)24-21)22(26)23-17-7-3-2-4-8-17;1-2/h2-10,15-16H,11-14H2,1H3,(H,23,26);1-2H3. The summed E-state index contributed by atoms with van der Waals surface area (Å²) in [6, 6.07) is 19.4. The Bertz CT molecular complexity index is 916. The first-order chi connectivity index (χ1) is 13.7. The summed E-state index contributed by atoms with van der Waals surface area (Å²) in [5.74, 6) is 1.56. The van der Waals surface area contributed by atoms with E-state index in [1.165, 1.54) is 12.8 Å². The number of nitrogens with zero attached hydrogens (tertiary/aromatic N) is 2. The predicted molar refractivity (Wildman–Crippen MR) is 118 cm³/mol. The zero-order chi connectivity index (χ0) is 19.9. The Labute approximate surface area is 167 Å². The average molecular weight is 376 g/mol. The zero-order valence-corrected chi connectivity index (χ0v) is 17.0. The van der Waals surface area contributed by atoms with Crippen LogP contribution in [0, 0.1) is 5.92 Å². The van der Waals surface area contributed by atoms with Crippen molar-refractivity contribution >= 4 is 28.3 Å². The molecule has 0 bridgehead atoms. The maximum atomic E-state index is 13.0. The molecule has 1 aliphatic rings. The number of pyridine rings is 1. The highest BCUT2D eigenvalue weighted by Crippen LogP contribution is 2.27. The van der Waals surface area contributed by atoms with Crippen LogP contribution in [-0.4, -0.2) is 24.0 Å². The summed E-state index contributed by atoms with van der Waals surface area (Å²) in [4.78, 5) is 20.1. The lowest BCUT2D eigenvalue weighted by Crippen LogP contribution is -2.33. The Morgan fingerprint density at radius 3 is 2.36 bits per heavy atom. The molecule has 0 aliphatic carbocycles. The Kier molecular flexibility index (Phi) is 6.64. The van der Waals surface area contributed by atoms with Crippen LogP contribution < -0.4 is 10.2 Å². The summed E-state index contributed by atoms with van der Waals surface area (Å²) in [6.45, 7) is 8.28. The molecule has 1 saturated heterocycles. The lowest BCUT2D eigenvalue weighted by Gasteiger charge is -2.31. The highest BCUT2D eigenvalue weighted by Gasteiger charge is 2.20. The van der Waals surface area contributed by atoms with Crippen LogP contribution in [-0.2, 0) is 0 Å². The third kappa shape index (κ3) is 4.50. The molecule has 0 spiro atoms. The van der Waals surface area contributed by atoms with Gasteiger partial charge < -0.3 is 10.2 Å². The van der Waals surface area contributed by atoms with E-state index in [0.29, 0.717) is 5.56 Å². The second kappa shape index (κ2) is 9.36. The largest absolute Gasteiger partial charge is 0.357 e. The number of amides is 1. The second-order valence-corrected chi connectivity index (χ2v) is 7.03. The molecule has 0 atom stereocenters.